The van der Waals surface area contributed by atoms with E-state index in [1.165, 1.54) is 0 Å². The van der Waals surface area contributed by atoms with Crippen molar-refractivity contribution >= 4 is 23.5 Å². The number of dihydropyridines is 1. The molecule has 0 spiro atoms. The number of benzene rings is 3. The number of rotatable bonds is 11. The SMILES string of the molecule is CC1=C(C(=O)OCCC#N)C(c2cccc(Cl)c2)C(C(=O)OCCOC(c2ccccc2)c2ccccc2)=C(C)N1. The molecule has 0 radical (unpaired) electrons. The highest BCUT2D eigenvalue weighted by molar-refractivity contribution is 6.30. The van der Waals surface area contributed by atoms with E-state index in [4.69, 9.17) is 31.1 Å². The second kappa shape index (κ2) is 14.3. The van der Waals surface area contributed by atoms with Crippen LogP contribution in [0.15, 0.2) is 107 Å². The molecule has 8 heteroatoms. The molecule has 1 aliphatic heterocycles. The van der Waals surface area contributed by atoms with E-state index in [1.807, 2.05) is 66.7 Å². The van der Waals surface area contributed by atoms with Crippen molar-refractivity contribution in [1.29, 1.82) is 5.26 Å². The van der Waals surface area contributed by atoms with Gasteiger partial charge in [0.15, 0.2) is 0 Å². The third kappa shape index (κ3) is 7.43. The lowest BCUT2D eigenvalue weighted by molar-refractivity contribution is -0.141. The fraction of sp³-hybridized carbons (Fsp3) is 0.242. The molecule has 41 heavy (non-hydrogen) atoms. The Bertz CT molecular complexity index is 1440. The second-order valence-electron chi connectivity index (χ2n) is 9.44. The van der Waals surface area contributed by atoms with Gasteiger partial charge < -0.3 is 19.5 Å². The molecule has 7 nitrogen and oxygen atoms in total. The first kappa shape index (κ1) is 29.6. The minimum absolute atomic E-state index is 0.00130. The van der Waals surface area contributed by atoms with E-state index in [9.17, 15) is 9.59 Å². The Labute approximate surface area is 245 Å². The van der Waals surface area contributed by atoms with Gasteiger partial charge in [-0.2, -0.15) is 5.26 Å². The molecule has 0 fully saturated rings. The Kier molecular flexibility index (Phi) is 10.3. The third-order valence-electron chi connectivity index (χ3n) is 6.63. The lowest BCUT2D eigenvalue weighted by atomic mass is 9.80. The first-order chi connectivity index (χ1) is 19.9. The number of hydrogen-bond donors (Lipinski definition) is 1. The molecule has 0 saturated carbocycles. The fourth-order valence-electron chi connectivity index (χ4n) is 4.84. The van der Waals surface area contributed by atoms with Crippen LogP contribution in [0.3, 0.4) is 0 Å². The summed E-state index contributed by atoms with van der Waals surface area (Å²) in [5.41, 5.74) is 4.24. The van der Waals surface area contributed by atoms with Crippen LogP contribution in [0.5, 0.6) is 0 Å². The molecular formula is C33H31ClN2O5. The Morgan fingerprint density at radius 3 is 1.93 bits per heavy atom. The monoisotopic (exact) mass is 570 g/mol. The Morgan fingerprint density at radius 2 is 1.39 bits per heavy atom. The van der Waals surface area contributed by atoms with Crippen LogP contribution in [0.4, 0.5) is 0 Å². The molecule has 3 aromatic rings. The standard InChI is InChI=1S/C33H31ClN2O5/c1-22-28(32(37)40-18-10-17-35)30(26-15-9-16-27(34)21-26)29(23(2)36-22)33(38)41-20-19-39-31(24-11-5-3-6-12-24)25-13-7-4-8-14-25/h3-9,11-16,21,30-31,36H,10,18-20H2,1-2H3. The number of ether oxygens (including phenoxy) is 3. The fourth-order valence-corrected chi connectivity index (χ4v) is 5.04. The summed E-state index contributed by atoms with van der Waals surface area (Å²) >= 11 is 6.29. The van der Waals surface area contributed by atoms with Gasteiger partial charge in [-0.3, -0.25) is 0 Å². The summed E-state index contributed by atoms with van der Waals surface area (Å²) < 4.78 is 17.3. The molecule has 1 heterocycles. The second-order valence-corrected chi connectivity index (χ2v) is 9.88. The largest absolute Gasteiger partial charge is 0.461 e. The zero-order valence-electron chi connectivity index (χ0n) is 22.9. The zero-order valence-corrected chi connectivity index (χ0v) is 23.7. The van der Waals surface area contributed by atoms with Crippen molar-refractivity contribution in [3.63, 3.8) is 0 Å². The van der Waals surface area contributed by atoms with Gasteiger partial charge in [-0.25, -0.2) is 9.59 Å². The van der Waals surface area contributed by atoms with Crippen LogP contribution >= 0.6 is 11.6 Å². The molecule has 1 unspecified atom stereocenters. The van der Waals surface area contributed by atoms with Crippen LogP contribution in [0.25, 0.3) is 0 Å². The Morgan fingerprint density at radius 1 is 0.829 bits per heavy atom. The number of nitriles is 1. The van der Waals surface area contributed by atoms with Gasteiger partial charge in [0.2, 0.25) is 0 Å². The topological polar surface area (TPSA) is 97.7 Å². The van der Waals surface area contributed by atoms with Crippen LogP contribution in [0.2, 0.25) is 5.02 Å². The zero-order chi connectivity index (χ0) is 29.2. The maximum absolute atomic E-state index is 13.6. The maximum Gasteiger partial charge on any atom is 0.336 e. The van der Waals surface area contributed by atoms with E-state index in [0.29, 0.717) is 22.0 Å². The van der Waals surface area contributed by atoms with Crippen LogP contribution in [-0.2, 0) is 23.8 Å². The van der Waals surface area contributed by atoms with E-state index in [1.54, 1.807) is 38.1 Å². The van der Waals surface area contributed by atoms with E-state index < -0.39 is 17.9 Å². The summed E-state index contributed by atoms with van der Waals surface area (Å²) in [7, 11) is 0. The summed E-state index contributed by atoms with van der Waals surface area (Å²) in [4.78, 5) is 26.7. The van der Waals surface area contributed by atoms with Gasteiger partial charge in [0.05, 0.1) is 36.2 Å². The summed E-state index contributed by atoms with van der Waals surface area (Å²) in [5.74, 6) is -1.99. The van der Waals surface area contributed by atoms with E-state index in [-0.39, 0.29) is 43.5 Å². The molecule has 210 valence electrons. The van der Waals surface area contributed by atoms with Gasteiger partial charge in [-0.1, -0.05) is 84.4 Å². The van der Waals surface area contributed by atoms with Crippen molar-refractivity contribution < 1.29 is 23.8 Å². The van der Waals surface area contributed by atoms with Crippen molar-refractivity contribution in [3.8, 4) is 6.07 Å². The third-order valence-corrected chi connectivity index (χ3v) is 6.87. The van der Waals surface area contributed by atoms with Crippen LogP contribution < -0.4 is 5.32 Å². The maximum atomic E-state index is 13.6. The van der Waals surface area contributed by atoms with Crippen LogP contribution in [0, 0.1) is 11.3 Å². The first-order valence-electron chi connectivity index (χ1n) is 13.3. The van der Waals surface area contributed by atoms with Crippen LogP contribution in [-0.4, -0.2) is 31.8 Å². The Balaban J connectivity index is 1.53. The van der Waals surface area contributed by atoms with Crippen molar-refractivity contribution in [2.75, 3.05) is 19.8 Å². The van der Waals surface area contributed by atoms with Gasteiger partial charge in [0, 0.05) is 16.4 Å². The molecule has 0 amide bonds. The van der Waals surface area contributed by atoms with Gasteiger partial charge in [-0.15, -0.1) is 0 Å². The van der Waals surface area contributed by atoms with Gasteiger partial charge in [0.1, 0.15) is 19.3 Å². The number of esters is 2. The Hall–Kier alpha value is -4.38. The molecule has 1 atom stereocenters. The first-order valence-corrected chi connectivity index (χ1v) is 13.6. The van der Waals surface area contributed by atoms with Crippen molar-refractivity contribution in [3.05, 3.63) is 129 Å². The molecule has 1 aliphatic rings. The number of nitrogens with zero attached hydrogens (tertiary/aromatic N) is 1. The van der Waals surface area contributed by atoms with Gasteiger partial charge in [0.25, 0.3) is 0 Å². The molecule has 4 rings (SSSR count). The predicted molar refractivity (Wildman–Crippen MR) is 156 cm³/mol. The van der Waals surface area contributed by atoms with Crippen LogP contribution in [0.1, 0.15) is 49.0 Å². The smallest absolute Gasteiger partial charge is 0.336 e. The summed E-state index contributed by atoms with van der Waals surface area (Å²) in [5, 5.41) is 12.4. The number of allylic oxidation sites excluding steroid dienone is 2. The number of hydrogen-bond acceptors (Lipinski definition) is 7. The van der Waals surface area contributed by atoms with Gasteiger partial charge >= 0.3 is 11.9 Å². The number of carbonyl (C=O) groups excluding carboxylic acids is 2. The highest BCUT2D eigenvalue weighted by Gasteiger charge is 2.38. The number of halogens is 1. The summed E-state index contributed by atoms with van der Waals surface area (Å²) in [6.45, 7) is 3.59. The van der Waals surface area contributed by atoms with Crippen molar-refractivity contribution in [2.24, 2.45) is 0 Å². The minimum Gasteiger partial charge on any atom is -0.461 e. The summed E-state index contributed by atoms with van der Waals surface area (Å²) in [6, 6.07) is 28.6. The van der Waals surface area contributed by atoms with E-state index in [2.05, 4.69) is 5.32 Å². The lowest BCUT2D eigenvalue weighted by Gasteiger charge is -2.30. The number of nitrogens with one attached hydrogen (secondary N) is 1. The average molecular weight is 571 g/mol. The highest BCUT2D eigenvalue weighted by atomic mass is 35.5. The van der Waals surface area contributed by atoms with Gasteiger partial charge in [-0.05, 0) is 42.7 Å². The average Bonchev–Trinajstić information content (AvgIpc) is 2.97. The molecule has 1 N–H and O–H groups in total. The lowest BCUT2D eigenvalue weighted by Crippen LogP contribution is -2.33. The molecule has 0 aromatic heterocycles. The highest BCUT2D eigenvalue weighted by Crippen LogP contribution is 2.40. The molecule has 0 aliphatic carbocycles. The normalized spacial score (nSPS) is 14.9. The molecule has 3 aromatic carbocycles. The minimum atomic E-state index is -0.778. The molecule has 0 saturated heterocycles. The number of carbonyl (C=O) groups is 2. The van der Waals surface area contributed by atoms with E-state index in [0.717, 1.165) is 11.1 Å². The summed E-state index contributed by atoms with van der Waals surface area (Å²) in [6.07, 6.45) is -0.266. The predicted octanol–water partition coefficient (Wildman–Crippen LogP) is 6.38. The van der Waals surface area contributed by atoms with E-state index >= 15 is 0 Å². The molecule has 0 bridgehead atoms. The van der Waals surface area contributed by atoms with Crippen molar-refractivity contribution in [2.45, 2.75) is 32.3 Å². The quantitative estimate of drug-likeness (QED) is 0.211. The van der Waals surface area contributed by atoms with Crippen molar-refractivity contribution in [1.82, 2.24) is 5.32 Å². The molecular weight excluding hydrogens is 540 g/mol.